The van der Waals surface area contributed by atoms with Crippen LogP contribution in [0.1, 0.15) is 68.6 Å². The van der Waals surface area contributed by atoms with Crippen LogP contribution in [0.25, 0.3) is 0 Å². The lowest BCUT2D eigenvalue weighted by Crippen LogP contribution is -2.24. The van der Waals surface area contributed by atoms with Crippen LogP contribution in [0.2, 0.25) is 0 Å². The molecule has 1 aliphatic heterocycles. The zero-order valence-electron chi connectivity index (χ0n) is 18.1. The molecule has 1 aromatic rings. The van der Waals surface area contributed by atoms with Crippen LogP contribution in [0.4, 0.5) is 5.69 Å². The normalized spacial score (nSPS) is 23.2. The largest absolute Gasteiger partial charge is 0.401 e. The van der Waals surface area contributed by atoms with Crippen LogP contribution >= 0.6 is 0 Å². The van der Waals surface area contributed by atoms with Crippen LogP contribution in [-0.2, 0) is 0 Å². The molecule has 3 aliphatic rings. The summed E-state index contributed by atoms with van der Waals surface area (Å²) in [6, 6.07) is 8.34. The van der Waals surface area contributed by atoms with E-state index in [0.29, 0.717) is 22.9 Å². The van der Waals surface area contributed by atoms with Crippen molar-refractivity contribution in [1.82, 2.24) is 10.2 Å². The van der Waals surface area contributed by atoms with Crippen molar-refractivity contribution in [2.75, 3.05) is 13.1 Å². The smallest absolute Gasteiger partial charge is 0.255 e. The van der Waals surface area contributed by atoms with Crippen LogP contribution < -0.4 is 11.1 Å². The van der Waals surface area contributed by atoms with Gasteiger partial charge in [0.2, 0.25) is 0 Å². The Morgan fingerprint density at radius 3 is 2.53 bits per heavy atom. The van der Waals surface area contributed by atoms with Crippen molar-refractivity contribution in [3.63, 3.8) is 0 Å². The molecule has 0 bridgehead atoms. The van der Waals surface area contributed by atoms with E-state index in [1.165, 1.54) is 50.7 Å². The van der Waals surface area contributed by atoms with Crippen LogP contribution in [0, 0.1) is 5.92 Å². The second-order valence-electron chi connectivity index (χ2n) is 8.98. The fourth-order valence-corrected chi connectivity index (χ4v) is 4.40. The molecule has 0 unspecified atom stereocenters. The van der Waals surface area contributed by atoms with Gasteiger partial charge in [0.1, 0.15) is 0 Å². The second-order valence-corrected chi connectivity index (χ2v) is 8.98. The molecular formula is C25H34N4O. The Kier molecular flexibility index (Phi) is 6.68. The molecule has 3 N–H and O–H groups in total. The fourth-order valence-electron chi connectivity index (χ4n) is 4.40. The Labute approximate surface area is 180 Å². The van der Waals surface area contributed by atoms with Gasteiger partial charge in [-0.2, -0.15) is 0 Å². The molecule has 4 rings (SSSR count). The molecule has 1 aromatic carbocycles. The van der Waals surface area contributed by atoms with Gasteiger partial charge in [0.15, 0.2) is 0 Å². The number of allylic oxidation sites excluding steroid dienone is 3. The van der Waals surface area contributed by atoms with E-state index in [1.54, 1.807) is 0 Å². The summed E-state index contributed by atoms with van der Waals surface area (Å²) in [4.78, 5) is 20.0. The van der Waals surface area contributed by atoms with Gasteiger partial charge in [0.05, 0.1) is 11.4 Å². The predicted molar refractivity (Wildman–Crippen MR) is 123 cm³/mol. The minimum atomic E-state index is -0.136. The average molecular weight is 407 g/mol. The molecule has 1 amide bonds. The van der Waals surface area contributed by atoms with Crippen molar-refractivity contribution in [2.24, 2.45) is 16.6 Å². The summed E-state index contributed by atoms with van der Waals surface area (Å²) in [5.41, 5.74) is 10.1. The maximum absolute atomic E-state index is 12.7. The molecule has 0 radical (unpaired) electrons. The highest BCUT2D eigenvalue weighted by atomic mass is 16.1. The van der Waals surface area contributed by atoms with Gasteiger partial charge in [-0.15, -0.1) is 0 Å². The Hall–Kier alpha value is -2.40. The number of nitrogens with zero attached hydrogens (tertiary/aromatic N) is 2. The number of likely N-dealkylation sites (tertiary alicyclic amines) is 1. The zero-order valence-corrected chi connectivity index (χ0v) is 18.1. The Bertz CT molecular complexity index is 838. The lowest BCUT2D eigenvalue weighted by Gasteiger charge is -2.18. The number of rotatable bonds is 6. The van der Waals surface area contributed by atoms with E-state index in [-0.39, 0.29) is 5.91 Å². The van der Waals surface area contributed by atoms with Crippen LogP contribution in [0.3, 0.4) is 0 Å². The Morgan fingerprint density at radius 2 is 1.87 bits per heavy atom. The summed E-state index contributed by atoms with van der Waals surface area (Å²) in [5.74, 6) is 0.456. The lowest BCUT2D eigenvalue weighted by molar-refractivity contribution is 0.0966. The minimum absolute atomic E-state index is 0.136. The van der Waals surface area contributed by atoms with Crippen molar-refractivity contribution in [3.05, 3.63) is 53.4 Å². The monoisotopic (exact) mass is 406 g/mol. The lowest BCUT2D eigenvalue weighted by atomic mass is 9.89. The maximum Gasteiger partial charge on any atom is 0.255 e. The highest BCUT2D eigenvalue weighted by Crippen LogP contribution is 2.30. The summed E-state index contributed by atoms with van der Waals surface area (Å²) < 4.78 is 0. The van der Waals surface area contributed by atoms with E-state index >= 15 is 0 Å². The number of hydrogen-bond acceptors (Lipinski definition) is 4. The first-order chi connectivity index (χ1) is 14.6. The van der Waals surface area contributed by atoms with Crippen molar-refractivity contribution in [1.29, 1.82) is 0 Å². The molecule has 0 aromatic heterocycles. The molecule has 160 valence electrons. The molecule has 30 heavy (non-hydrogen) atoms. The first kappa shape index (κ1) is 20.9. The first-order valence-corrected chi connectivity index (χ1v) is 11.4. The number of aliphatic imine (C=N–C) groups is 1. The van der Waals surface area contributed by atoms with E-state index in [4.69, 9.17) is 10.7 Å². The van der Waals surface area contributed by atoms with Crippen LogP contribution in [-0.4, -0.2) is 35.7 Å². The SMILES string of the molecule is C/C(N)=C(\C=C/C1CCCCC1)NC(=O)c1ccc(N=C2CCN(C3CC3)C2)cc1. The van der Waals surface area contributed by atoms with Gasteiger partial charge in [0.25, 0.3) is 5.91 Å². The standard InChI is InChI=1S/C25H34N4O/c1-18(26)24(14-7-19-5-3-2-4-6-19)28-25(30)20-8-10-21(11-9-20)27-22-15-16-29(17-22)23-12-13-23/h7-11,14,19,23H,2-6,12-13,15-17,26H2,1H3,(H,28,30)/b14-7-,24-18-,27-22?. The van der Waals surface area contributed by atoms with Gasteiger partial charge in [-0.05, 0) is 75.3 Å². The number of benzene rings is 1. The van der Waals surface area contributed by atoms with E-state index in [9.17, 15) is 4.79 Å². The molecule has 3 fully saturated rings. The highest BCUT2D eigenvalue weighted by Gasteiger charge is 2.32. The molecule has 1 heterocycles. The van der Waals surface area contributed by atoms with Gasteiger partial charge in [-0.25, -0.2) is 0 Å². The van der Waals surface area contributed by atoms with Gasteiger partial charge in [-0.1, -0.05) is 25.3 Å². The van der Waals surface area contributed by atoms with E-state index in [2.05, 4.69) is 16.3 Å². The van der Waals surface area contributed by atoms with Gasteiger partial charge >= 0.3 is 0 Å². The quantitative estimate of drug-likeness (QED) is 0.674. The van der Waals surface area contributed by atoms with E-state index in [0.717, 1.165) is 31.2 Å². The second kappa shape index (κ2) is 9.61. The van der Waals surface area contributed by atoms with E-state index in [1.807, 2.05) is 37.3 Å². The summed E-state index contributed by atoms with van der Waals surface area (Å²) in [6.07, 6.45) is 14.3. The van der Waals surface area contributed by atoms with Crippen molar-refractivity contribution >= 4 is 17.3 Å². The highest BCUT2D eigenvalue weighted by molar-refractivity contribution is 5.96. The summed E-state index contributed by atoms with van der Waals surface area (Å²) >= 11 is 0. The van der Waals surface area contributed by atoms with Gasteiger partial charge in [-0.3, -0.25) is 14.7 Å². The number of nitrogens with two attached hydrogens (primary N) is 1. The molecule has 0 spiro atoms. The molecule has 5 nitrogen and oxygen atoms in total. The minimum Gasteiger partial charge on any atom is -0.401 e. The van der Waals surface area contributed by atoms with Gasteiger partial charge in [0, 0.05) is 36.1 Å². The zero-order chi connectivity index (χ0) is 20.9. The molecule has 2 aliphatic carbocycles. The van der Waals surface area contributed by atoms with E-state index < -0.39 is 0 Å². The van der Waals surface area contributed by atoms with Crippen LogP contribution in [0.5, 0.6) is 0 Å². The topological polar surface area (TPSA) is 70.7 Å². The molecule has 5 heteroatoms. The first-order valence-electron chi connectivity index (χ1n) is 11.4. The predicted octanol–water partition coefficient (Wildman–Crippen LogP) is 4.68. The Morgan fingerprint density at radius 1 is 1.13 bits per heavy atom. The third kappa shape index (κ3) is 5.60. The number of amides is 1. The third-order valence-corrected chi connectivity index (χ3v) is 6.41. The summed E-state index contributed by atoms with van der Waals surface area (Å²) in [7, 11) is 0. The van der Waals surface area contributed by atoms with Crippen molar-refractivity contribution < 1.29 is 4.79 Å². The maximum atomic E-state index is 12.7. The van der Waals surface area contributed by atoms with Crippen molar-refractivity contribution in [2.45, 2.75) is 64.3 Å². The third-order valence-electron chi connectivity index (χ3n) is 6.41. The number of hydrogen-bond donors (Lipinski definition) is 2. The Balaban J connectivity index is 1.35. The molecule has 2 saturated carbocycles. The number of carbonyl (C=O) groups is 1. The molecular weight excluding hydrogens is 372 g/mol. The summed E-state index contributed by atoms with van der Waals surface area (Å²) in [6.45, 7) is 3.95. The fraction of sp³-hybridized carbons (Fsp3) is 0.520. The number of carbonyl (C=O) groups excluding carboxylic acids is 1. The average Bonchev–Trinajstić information content (AvgIpc) is 3.51. The number of nitrogens with one attached hydrogen (secondary N) is 1. The molecule has 0 atom stereocenters. The van der Waals surface area contributed by atoms with Crippen molar-refractivity contribution in [3.8, 4) is 0 Å². The summed E-state index contributed by atoms with van der Waals surface area (Å²) in [5, 5.41) is 2.98. The van der Waals surface area contributed by atoms with Gasteiger partial charge < -0.3 is 11.1 Å². The van der Waals surface area contributed by atoms with Crippen LogP contribution in [0.15, 0.2) is 52.8 Å². The molecule has 1 saturated heterocycles.